The van der Waals surface area contributed by atoms with Crippen LogP contribution in [0.25, 0.3) is 0 Å². The van der Waals surface area contributed by atoms with Gasteiger partial charge < -0.3 is 5.11 Å². The van der Waals surface area contributed by atoms with Crippen molar-refractivity contribution in [3.63, 3.8) is 0 Å². The molecule has 0 aromatic rings. The molecular weight excluding hydrogens is 188 g/mol. The van der Waals surface area contributed by atoms with Gasteiger partial charge in [0.05, 0.1) is 26.9 Å². The summed E-state index contributed by atoms with van der Waals surface area (Å²) in [6.07, 6.45) is 3.44. The Morgan fingerprint density at radius 1 is 0.786 bits per heavy atom. The third-order valence-corrected chi connectivity index (χ3v) is 1.54. The summed E-state index contributed by atoms with van der Waals surface area (Å²) in [5.41, 5.74) is 0. The van der Waals surface area contributed by atoms with Crippen LogP contribution < -0.4 is 0 Å². The molecule has 1 N–H and O–H groups in total. The maximum absolute atomic E-state index is 8.49. The van der Waals surface area contributed by atoms with Crippen LogP contribution in [0.2, 0.25) is 0 Å². The van der Waals surface area contributed by atoms with Crippen molar-refractivity contribution in [3.8, 4) is 0 Å². The van der Waals surface area contributed by atoms with E-state index in [0.29, 0.717) is 19.8 Å². The van der Waals surface area contributed by atoms with Crippen LogP contribution >= 0.6 is 0 Å². The van der Waals surface area contributed by atoms with Crippen molar-refractivity contribution in [2.75, 3.05) is 33.5 Å². The first kappa shape index (κ1) is 13.8. The molecule has 0 bridgehead atoms. The van der Waals surface area contributed by atoms with Crippen molar-refractivity contribution < 1.29 is 24.7 Å². The van der Waals surface area contributed by atoms with Gasteiger partial charge in [-0.05, 0) is 19.3 Å². The first-order valence-corrected chi connectivity index (χ1v) is 4.92. The molecule has 5 nitrogen and oxygen atoms in total. The lowest BCUT2D eigenvalue weighted by Gasteiger charge is -2.03. The Morgan fingerprint density at radius 2 is 1.43 bits per heavy atom. The molecule has 0 aliphatic heterocycles. The summed E-state index contributed by atoms with van der Waals surface area (Å²) in [4.78, 5) is 18.8. The Kier molecular flexibility index (Phi) is 12.6. The molecule has 0 rings (SSSR count). The van der Waals surface area contributed by atoms with E-state index >= 15 is 0 Å². The highest BCUT2D eigenvalue weighted by Crippen LogP contribution is 1.95. The first-order valence-electron chi connectivity index (χ1n) is 4.92. The molecule has 0 atom stereocenters. The lowest BCUT2D eigenvalue weighted by Crippen LogP contribution is -2.02. The molecule has 0 heterocycles. The first-order chi connectivity index (χ1) is 6.91. The fourth-order valence-electron chi connectivity index (χ4n) is 0.828. The van der Waals surface area contributed by atoms with Crippen molar-refractivity contribution in [3.05, 3.63) is 0 Å². The zero-order valence-electron chi connectivity index (χ0n) is 8.74. The zero-order valence-corrected chi connectivity index (χ0v) is 8.74. The van der Waals surface area contributed by atoms with Crippen molar-refractivity contribution in [2.45, 2.75) is 25.7 Å². The Bertz CT molecular complexity index is 87.2. The molecule has 0 amide bonds. The fraction of sp³-hybridized carbons (Fsp3) is 1.00. The summed E-state index contributed by atoms with van der Waals surface area (Å²) in [7, 11) is 1.47. The van der Waals surface area contributed by atoms with Gasteiger partial charge in [0, 0.05) is 13.0 Å². The molecule has 86 valence electrons. The molecule has 5 heteroatoms. The zero-order chi connectivity index (χ0) is 10.5. The molecule has 0 unspecified atom stereocenters. The van der Waals surface area contributed by atoms with Crippen LogP contribution in [-0.2, 0) is 19.6 Å². The van der Waals surface area contributed by atoms with Crippen molar-refractivity contribution >= 4 is 0 Å². The highest BCUT2D eigenvalue weighted by molar-refractivity contribution is 4.37. The Hall–Kier alpha value is -0.200. The van der Waals surface area contributed by atoms with E-state index in [4.69, 9.17) is 14.9 Å². The topological polar surface area (TPSA) is 57.2 Å². The van der Waals surface area contributed by atoms with Gasteiger partial charge in [0.25, 0.3) is 0 Å². The molecule has 0 saturated heterocycles. The minimum absolute atomic E-state index is 0.245. The molecular formula is C9H20O5. The van der Waals surface area contributed by atoms with Gasteiger partial charge >= 0.3 is 0 Å². The van der Waals surface area contributed by atoms with Gasteiger partial charge in [-0.3, -0.25) is 0 Å². The highest BCUT2D eigenvalue weighted by Gasteiger charge is 1.92. The molecule has 14 heavy (non-hydrogen) atoms. The van der Waals surface area contributed by atoms with Gasteiger partial charge in [-0.15, -0.1) is 0 Å². The number of rotatable bonds is 11. The molecule has 0 aliphatic rings. The van der Waals surface area contributed by atoms with Crippen LogP contribution in [0.4, 0.5) is 0 Å². The molecule has 0 radical (unpaired) electrons. The Labute approximate surface area is 84.8 Å². The molecule has 0 aromatic carbocycles. The molecule has 0 spiro atoms. The van der Waals surface area contributed by atoms with Crippen LogP contribution in [0.5, 0.6) is 0 Å². The number of hydrogen-bond acceptors (Lipinski definition) is 5. The van der Waals surface area contributed by atoms with E-state index in [1.807, 2.05) is 0 Å². The summed E-state index contributed by atoms with van der Waals surface area (Å²) in [5.74, 6) is 0. The largest absolute Gasteiger partial charge is 0.396 e. The van der Waals surface area contributed by atoms with E-state index < -0.39 is 0 Å². The van der Waals surface area contributed by atoms with E-state index in [9.17, 15) is 0 Å². The van der Waals surface area contributed by atoms with Crippen LogP contribution in [0.1, 0.15) is 25.7 Å². The standard InChI is InChI=1S/C9H20O5/c1-11-12-8-5-9-14-13-7-4-2-3-6-10/h10H,2-9H2,1H3. The second-order valence-electron chi connectivity index (χ2n) is 2.77. The third-order valence-electron chi connectivity index (χ3n) is 1.54. The van der Waals surface area contributed by atoms with Gasteiger partial charge in [0.15, 0.2) is 0 Å². The van der Waals surface area contributed by atoms with E-state index in [1.165, 1.54) is 7.11 Å². The molecule has 0 aliphatic carbocycles. The monoisotopic (exact) mass is 208 g/mol. The van der Waals surface area contributed by atoms with E-state index in [1.54, 1.807) is 0 Å². The maximum Gasteiger partial charge on any atom is 0.0845 e. The Morgan fingerprint density at radius 3 is 2.07 bits per heavy atom. The average Bonchev–Trinajstić information content (AvgIpc) is 2.21. The summed E-state index contributed by atoms with van der Waals surface area (Å²) in [6, 6.07) is 0. The second kappa shape index (κ2) is 12.8. The van der Waals surface area contributed by atoms with Gasteiger partial charge in [-0.1, -0.05) is 0 Å². The molecule has 0 aromatic heterocycles. The van der Waals surface area contributed by atoms with E-state index in [-0.39, 0.29) is 6.61 Å². The van der Waals surface area contributed by atoms with Crippen LogP contribution in [-0.4, -0.2) is 38.6 Å². The van der Waals surface area contributed by atoms with Crippen LogP contribution in [0.15, 0.2) is 0 Å². The van der Waals surface area contributed by atoms with Crippen LogP contribution in [0, 0.1) is 0 Å². The summed E-state index contributed by atoms with van der Waals surface area (Å²) < 4.78 is 0. The molecule has 0 saturated carbocycles. The quantitative estimate of drug-likeness (QED) is 0.312. The summed E-state index contributed by atoms with van der Waals surface area (Å²) in [5, 5.41) is 8.49. The predicted octanol–water partition coefficient (Wildman–Crippen LogP) is 1.07. The van der Waals surface area contributed by atoms with Gasteiger partial charge in [-0.2, -0.15) is 0 Å². The minimum Gasteiger partial charge on any atom is -0.396 e. The highest BCUT2D eigenvalue weighted by atomic mass is 17.2. The summed E-state index contributed by atoms with van der Waals surface area (Å²) >= 11 is 0. The van der Waals surface area contributed by atoms with Crippen molar-refractivity contribution in [2.24, 2.45) is 0 Å². The van der Waals surface area contributed by atoms with Gasteiger partial charge in [0.1, 0.15) is 0 Å². The summed E-state index contributed by atoms with van der Waals surface area (Å²) in [6.45, 7) is 1.83. The van der Waals surface area contributed by atoms with Crippen LogP contribution in [0.3, 0.4) is 0 Å². The van der Waals surface area contributed by atoms with E-state index in [2.05, 4.69) is 9.78 Å². The fourth-order valence-corrected chi connectivity index (χ4v) is 0.828. The number of aliphatic hydroxyl groups excluding tert-OH is 1. The number of hydrogen-bond donors (Lipinski definition) is 1. The lowest BCUT2D eigenvalue weighted by atomic mass is 10.2. The lowest BCUT2D eigenvalue weighted by molar-refractivity contribution is -0.307. The number of unbranched alkanes of at least 4 members (excludes halogenated alkanes) is 2. The smallest absolute Gasteiger partial charge is 0.0845 e. The van der Waals surface area contributed by atoms with Crippen molar-refractivity contribution in [1.82, 2.24) is 0 Å². The average molecular weight is 208 g/mol. The normalized spacial score (nSPS) is 10.7. The SMILES string of the molecule is COOCCCOOCCCCCO. The van der Waals surface area contributed by atoms with Gasteiger partial charge in [-0.25, -0.2) is 19.6 Å². The minimum atomic E-state index is 0.245. The van der Waals surface area contributed by atoms with Crippen molar-refractivity contribution in [1.29, 1.82) is 0 Å². The predicted molar refractivity (Wildman–Crippen MR) is 50.4 cm³/mol. The Balaban J connectivity index is 2.78. The third kappa shape index (κ3) is 11.8. The maximum atomic E-state index is 8.49. The molecule has 0 fully saturated rings. The van der Waals surface area contributed by atoms with Gasteiger partial charge in [0.2, 0.25) is 0 Å². The second-order valence-corrected chi connectivity index (χ2v) is 2.77. The number of aliphatic hydroxyl groups is 1. The van der Waals surface area contributed by atoms with E-state index in [0.717, 1.165) is 25.7 Å².